The van der Waals surface area contributed by atoms with Crippen molar-refractivity contribution in [1.29, 1.82) is 0 Å². The molecule has 1 fully saturated rings. The molecule has 1 N–H and O–H groups in total. The zero-order valence-corrected chi connectivity index (χ0v) is 15.0. The average molecular weight is 401 g/mol. The van der Waals surface area contributed by atoms with E-state index in [1.165, 1.54) is 0 Å². The third kappa shape index (κ3) is 3.93. The van der Waals surface area contributed by atoms with Gasteiger partial charge in [0.1, 0.15) is 0 Å². The number of hydrogen-bond acceptors (Lipinski definition) is 3. The molecule has 1 aliphatic rings. The third-order valence-electron chi connectivity index (χ3n) is 3.84. The van der Waals surface area contributed by atoms with Gasteiger partial charge in [-0.1, -0.05) is 29.3 Å². The molecule has 1 atom stereocenters. The molecule has 0 unspecified atom stereocenters. The second-order valence-electron chi connectivity index (χ2n) is 5.41. The van der Waals surface area contributed by atoms with Crippen LogP contribution in [0.25, 0.3) is 0 Å². The van der Waals surface area contributed by atoms with Gasteiger partial charge < -0.3 is 10.2 Å². The lowest BCUT2D eigenvalue weighted by Gasteiger charge is -2.19. The SMILES string of the molecule is Clc1ccc(CN[C@H]2CCN(c3cncc(Br)c3)C2)c(Cl)c1. The summed E-state index contributed by atoms with van der Waals surface area (Å²) in [7, 11) is 0. The van der Waals surface area contributed by atoms with E-state index in [0.717, 1.165) is 41.8 Å². The molecule has 0 amide bonds. The molecule has 1 saturated heterocycles. The minimum atomic E-state index is 0.450. The number of nitrogens with one attached hydrogen (secondary N) is 1. The first-order valence-electron chi connectivity index (χ1n) is 7.14. The topological polar surface area (TPSA) is 28.2 Å². The van der Waals surface area contributed by atoms with Gasteiger partial charge >= 0.3 is 0 Å². The summed E-state index contributed by atoms with van der Waals surface area (Å²) in [5.74, 6) is 0. The lowest BCUT2D eigenvalue weighted by molar-refractivity contribution is 0.551. The number of nitrogens with zero attached hydrogens (tertiary/aromatic N) is 2. The molecule has 6 heteroatoms. The van der Waals surface area contributed by atoms with E-state index in [0.29, 0.717) is 16.1 Å². The van der Waals surface area contributed by atoms with Gasteiger partial charge in [0.2, 0.25) is 0 Å². The van der Waals surface area contributed by atoms with Gasteiger partial charge in [-0.25, -0.2) is 0 Å². The molecule has 3 rings (SSSR count). The fraction of sp³-hybridized carbons (Fsp3) is 0.312. The van der Waals surface area contributed by atoms with Crippen molar-refractivity contribution in [2.75, 3.05) is 18.0 Å². The maximum atomic E-state index is 6.21. The molecule has 0 spiro atoms. The Kier molecular flexibility index (Phi) is 5.24. The molecule has 2 aromatic rings. The molecule has 2 heterocycles. The number of benzene rings is 1. The lowest BCUT2D eigenvalue weighted by Crippen LogP contribution is -2.32. The van der Waals surface area contributed by atoms with Crippen molar-refractivity contribution in [3.8, 4) is 0 Å². The highest BCUT2D eigenvalue weighted by Crippen LogP contribution is 2.24. The van der Waals surface area contributed by atoms with Crippen LogP contribution in [-0.2, 0) is 6.54 Å². The Morgan fingerprint density at radius 2 is 2.14 bits per heavy atom. The van der Waals surface area contributed by atoms with E-state index in [2.05, 4.69) is 37.2 Å². The van der Waals surface area contributed by atoms with Gasteiger partial charge in [-0.15, -0.1) is 0 Å². The van der Waals surface area contributed by atoms with Crippen molar-refractivity contribution < 1.29 is 0 Å². The van der Waals surface area contributed by atoms with Gasteiger partial charge in [-0.05, 0) is 46.1 Å². The summed E-state index contributed by atoms with van der Waals surface area (Å²) < 4.78 is 1.01. The highest BCUT2D eigenvalue weighted by molar-refractivity contribution is 9.10. The van der Waals surface area contributed by atoms with Crippen molar-refractivity contribution in [1.82, 2.24) is 10.3 Å². The Morgan fingerprint density at radius 3 is 2.91 bits per heavy atom. The molecule has 22 heavy (non-hydrogen) atoms. The van der Waals surface area contributed by atoms with Crippen LogP contribution >= 0.6 is 39.1 Å². The van der Waals surface area contributed by atoms with E-state index in [1.807, 2.05) is 18.3 Å². The zero-order chi connectivity index (χ0) is 15.5. The Labute approximate surface area is 148 Å². The minimum absolute atomic E-state index is 0.450. The summed E-state index contributed by atoms with van der Waals surface area (Å²) in [6.07, 6.45) is 4.82. The average Bonchev–Trinajstić information content (AvgIpc) is 2.95. The first kappa shape index (κ1) is 16.1. The Bertz CT molecular complexity index is 666. The van der Waals surface area contributed by atoms with Crippen LogP contribution in [0.1, 0.15) is 12.0 Å². The van der Waals surface area contributed by atoms with Crippen molar-refractivity contribution in [2.24, 2.45) is 0 Å². The lowest BCUT2D eigenvalue weighted by atomic mass is 10.2. The summed E-state index contributed by atoms with van der Waals surface area (Å²) >= 11 is 15.6. The Morgan fingerprint density at radius 1 is 1.27 bits per heavy atom. The van der Waals surface area contributed by atoms with E-state index >= 15 is 0 Å². The van der Waals surface area contributed by atoms with Crippen molar-refractivity contribution in [3.05, 3.63) is 56.7 Å². The molecule has 1 aliphatic heterocycles. The van der Waals surface area contributed by atoms with Gasteiger partial charge in [-0.3, -0.25) is 4.98 Å². The maximum absolute atomic E-state index is 6.21. The molecule has 0 bridgehead atoms. The first-order valence-corrected chi connectivity index (χ1v) is 8.69. The Hall–Kier alpha value is -0.810. The van der Waals surface area contributed by atoms with E-state index in [1.54, 1.807) is 12.3 Å². The molecule has 0 saturated carbocycles. The van der Waals surface area contributed by atoms with Crippen LogP contribution in [0.2, 0.25) is 10.0 Å². The molecule has 116 valence electrons. The summed E-state index contributed by atoms with van der Waals surface area (Å²) in [5.41, 5.74) is 2.23. The van der Waals surface area contributed by atoms with E-state index in [4.69, 9.17) is 23.2 Å². The van der Waals surface area contributed by atoms with Crippen LogP contribution < -0.4 is 10.2 Å². The molecular formula is C16H16BrCl2N3. The Balaban J connectivity index is 1.57. The van der Waals surface area contributed by atoms with Gasteiger partial charge in [0, 0.05) is 46.4 Å². The second kappa shape index (κ2) is 7.18. The number of hydrogen-bond donors (Lipinski definition) is 1. The summed E-state index contributed by atoms with van der Waals surface area (Å²) in [6.45, 7) is 2.76. The summed E-state index contributed by atoms with van der Waals surface area (Å²) in [5, 5.41) is 4.95. The number of anilines is 1. The standard InChI is InChI=1S/C16H16BrCl2N3/c17-12-5-15(9-20-8-12)22-4-3-14(10-22)21-7-11-1-2-13(18)6-16(11)19/h1-2,5-6,8-9,14,21H,3-4,7,10H2/t14-/m0/s1. The van der Waals surface area contributed by atoms with Crippen LogP contribution in [0.3, 0.4) is 0 Å². The highest BCUT2D eigenvalue weighted by Gasteiger charge is 2.22. The van der Waals surface area contributed by atoms with Crippen LogP contribution in [-0.4, -0.2) is 24.1 Å². The molecule has 0 radical (unpaired) electrons. The number of pyridine rings is 1. The van der Waals surface area contributed by atoms with Crippen molar-refractivity contribution in [2.45, 2.75) is 19.0 Å². The van der Waals surface area contributed by atoms with Gasteiger partial charge in [-0.2, -0.15) is 0 Å². The largest absolute Gasteiger partial charge is 0.369 e. The minimum Gasteiger partial charge on any atom is -0.369 e. The predicted molar refractivity (Wildman–Crippen MR) is 95.9 cm³/mol. The number of aromatic nitrogens is 1. The summed E-state index contributed by atoms with van der Waals surface area (Å²) in [4.78, 5) is 6.57. The van der Waals surface area contributed by atoms with E-state index in [-0.39, 0.29) is 0 Å². The molecule has 3 nitrogen and oxygen atoms in total. The number of rotatable bonds is 4. The van der Waals surface area contributed by atoms with Crippen LogP contribution in [0.4, 0.5) is 5.69 Å². The monoisotopic (exact) mass is 399 g/mol. The molecule has 1 aromatic heterocycles. The van der Waals surface area contributed by atoms with Crippen LogP contribution in [0.15, 0.2) is 41.1 Å². The fourth-order valence-corrected chi connectivity index (χ4v) is 3.48. The second-order valence-corrected chi connectivity index (χ2v) is 7.17. The highest BCUT2D eigenvalue weighted by atomic mass is 79.9. The van der Waals surface area contributed by atoms with Crippen LogP contribution in [0.5, 0.6) is 0 Å². The molecule has 1 aromatic carbocycles. The first-order chi connectivity index (χ1) is 10.6. The van der Waals surface area contributed by atoms with Crippen molar-refractivity contribution in [3.63, 3.8) is 0 Å². The predicted octanol–water partition coefficient (Wildman–Crippen LogP) is 4.52. The third-order valence-corrected chi connectivity index (χ3v) is 4.86. The fourth-order valence-electron chi connectivity index (χ4n) is 2.65. The smallest absolute Gasteiger partial charge is 0.0564 e. The zero-order valence-electron chi connectivity index (χ0n) is 11.9. The van der Waals surface area contributed by atoms with E-state index < -0.39 is 0 Å². The van der Waals surface area contributed by atoms with E-state index in [9.17, 15) is 0 Å². The molecular weight excluding hydrogens is 385 g/mol. The van der Waals surface area contributed by atoms with Gasteiger partial charge in [0.05, 0.1) is 11.9 Å². The van der Waals surface area contributed by atoms with Gasteiger partial charge in [0.15, 0.2) is 0 Å². The van der Waals surface area contributed by atoms with Crippen molar-refractivity contribution >= 4 is 44.8 Å². The van der Waals surface area contributed by atoms with Crippen LogP contribution in [0, 0.1) is 0 Å². The number of halogens is 3. The summed E-state index contributed by atoms with van der Waals surface area (Å²) in [6, 6.07) is 8.19. The maximum Gasteiger partial charge on any atom is 0.0564 e. The quantitative estimate of drug-likeness (QED) is 0.817. The normalized spacial score (nSPS) is 18.0. The van der Waals surface area contributed by atoms with Gasteiger partial charge in [0.25, 0.3) is 0 Å². The molecule has 0 aliphatic carbocycles.